The zero-order chi connectivity index (χ0) is 18.1. The van der Waals surface area contributed by atoms with Gasteiger partial charge in [0, 0.05) is 26.7 Å². The van der Waals surface area contributed by atoms with Crippen molar-refractivity contribution in [2.45, 2.75) is 0 Å². The third-order valence-electron chi connectivity index (χ3n) is 2.60. The van der Waals surface area contributed by atoms with Crippen molar-refractivity contribution in [3.63, 3.8) is 0 Å². The average Bonchev–Trinajstić information content (AvgIpc) is 3.13. The third-order valence-corrected chi connectivity index (χ3v) is 2.60. The first-order valence-corrected chi connectivity index (χ1v) is 7.16. The van der Waals surface area contributed by atoms with Gasteiger partial charge in [-0.15, -0.1) is 19.5 Å². The number of nitrogens with one attached hydrogen (secondary N) is 3. The number of nitrogen functional groups attached to an aromatic ring is 4. The second kappa shape index (κ2) is 9.22. The Hall–Kier alpha value is -3.56. The molecule has 0 fully saturated rings. The molecule has 17 N–H and O–H groups in total. The van der Waals surface area contributed by atoms with Crippen LogP contribution in [-0.2, 0) is 10.4 Å². The molecule has 0 unspecified atom stereocenters. The molecule has 0 bridgehead atoms. The van der Waals surface area contributed by atoms with Gasteiger partial charge in [0.25, 0.3) is 11.6 Å². The first-order valence-electron chi connectivity index (χ1n) is 5.82. The van der Waals surface area contributed by atoms with Gasteiger partial charge in [-0.2, -0.15) is 5.10 Å². The summed E-state index contributed by atoms with van der Waals surface area (Å²) in [5.74, 6) is 12.6. The van der Waals surface area contributed by atoms with E-state index in [0.29, 0.717) is 23.0 Å². The van der Waals surface area contributed by atoms with Crippen LogP contribution in [0, 0.1) is 0 Å². The number of nitrogens with zero attached hydrogens (tertiary/aromatic N) is 5. The maximum absolute atomic E-state index is 8.52. The van der Waals surface area contributed by atoms with Crippen LogP contribution in [0.15, 0.2) is 6.07 Å². The van der Waals surface area contributed by atoms with Crippen molar-refractivity contribution < 1.29 is 43.3 Å². The van der Waals surface area contributed by atoms with Gasteiger partial charge in [-0.05, 0) is 0 Å². The van der Waals surface area contributed by atoms with Crippen molar-refractivity contribution in [1.82, 2.24) is 30.6 Å². The summed E-state index contributed by atoms with van der Waals surface area (Å²) in [6, 6.07) is 1.69. The summed E-state index contributed by atoms with van der Waals surface area (Å²) in [5.41, 5.74) is 12.1. The first kappa shape index (κ1) is 25.7. The van der Waals surface area contributed by atoms with Crippen LogP contribution in [0.25, 0.3) is 23.0 Å². The van der Waals surface area contributed by atoms with Gasteiger partial charge in [-0.3, -0.25) is 25.2 Å². The number of H-pyrrole nitrogens is 3. The molecule has 20 heteroatoms. The number of rotatable bonds is 2. The zero-order valence-corrected chi connectivity index (χ0v) is 14.0. The van der Waals surface area contributed by atoms with Gasteiger partial charge in [-0.1, -0.05) is 0 Å². The molecule has 0 atom stereocenters. The molecule has 3 aromatic heterocycles. The second-order valence-corrected chi connectivity index (χ2v) is 4.99. The largest absolute Gasteiger partial charge is 0.759 e. The lowest BCUT2D eigenvalue weighted by atomic mass is 10.3. The summed E-state index contributed by atoms with van der Waals surface area (Å²) in [4.78, 5) is 0. The van der Waals surface area contributed by atoms with Gasteiger partial charge in [0.1, 0.15) is 5.69 Å². The highest BCUT2D eigenvalue weighted by atomic mass is 32.3. The van der Waals surface area contributed by atoms with Crippen LogP contribution in [-0.4, -0.2) is 64.5 Å². The fourth-order valence-corrected chi connectivity index (χ4v) is 1.60. The Kier molecular flexibility index (Phi) is 8.77. The Morgan fingerprint density at radius 3 is 1.63 bits per heavy atom. The van der Waals surface area contributed by atoms with Crippen LogP contribution in [0.3, 0.4) is 0 Å². The Labute approximate surface area is 149 Å². The predicted molar refractivity (Wildman–Crippen MR) is 84.6 cm³/mol. The van der Waals surface area contributed by atoms with E-state index in [1.807, 2.05) is 0 Å². The van der Waals surface area contributed by atoms with Gasteiger partial charge in [0.05, 0.1) is 0 Å². The van der Waals surface area contributed by atoms with E-state index in [1.54, 1.807) is 6.07 Å². The number of anilines is 2. The van der Waals surface area contributed by atoms with Crippen molar-refractivity contribution >= 4 is 22.3 Å². The van der Waals surface area contributed by atoms with Crippen molar-refractivity contribution in [2.24, 2.45) is 0 Å². The Morgan fingerprint density at radius 1 is 0.852 bits per heavy atom. The molecule has 0 saturated carbocycles. The Balaban J connectivity index is 0. The standard InChI is InChI=1S/C7H10N12.H2O4S.3H2O/c8-6-16-14-4(18(6)10)2-1-3(13-12-2)5-15-17-7(9)19(5)11;1-5(2,3)4;;;/h1H,10-11H2,(H5,8,9,12,13,14,15,16,17);(H2,1,2,3,4);3*1H2. The van der Waals surface area contributed by atoms with Crippen LogP contribution in [0.4, 0.5) is 11.9 Å². The lowest BCUT2D eigenvalue weighted by Gasteiger charge is -2.06. The molecule has 0 radical (unpaired) electrons. The smallest absolute Gasteiger partial charge is 0.396 e. The topological polar surface area (TPSA) is 373 Å². The van der Waals surface area contributed by atoms with Crippen LogP contribution < -0.4 is 32.5 Å². The predicted octanol–water partition coefficient (Wildman–Crippen LogP) is -7.46. The Morgan fingerprint density at radius 2 is 1.26 bits per heavy atom. The molecule has 3 aromatic rings. The molecule has 0 aliphatic heterocycles. The summed E-state index contributed by atoms with van der Waals surface area (Å²) in [7, 11) is -5.17. The van der Waals surface area contributed by atoms with E-state index in [4.69, 9.17) is 40.7 Å². The van der Waals surface area contributed by atoms with E-state index in [-0.39, 0.29) is 28.3 Å². The van der Waals surface area contributed by atoms with E-state index < -0.39 is 10.4 Å². The van der Waals surface area contributed by atoms with Crippen molar-refractivity contribution in [3.8, 4) is 23.0 Å². The zero-order valence-electron chi connectivity index (χ0n) is 13.2. The summed E-state index contributed by atoms with van der Waals surface area (Å²) in [6.07, 6.45) is 0. The number of aromatic nitrogens is 8. The minimum atomic E-state index is -5.17. The highest BCUT2D eigenvalue weighted by Crippen LogP contribution is 2.16. The molecule has 154 valence electrons. The van der Waals surface area contributed by atoms with Gasteiger partial charge >= 0.3 is 11.9 Å². The highest BCUT2D eigenvalue weighted by molar-refractivity contribution is 7.79. The minimum absolute atomic E-state index is 0. The van der Waals surface area contributed by atoms with Gasteiger partial charge < -0.3 is 37.0 Å². The number of hydrogen-bond donors (Lipinski definition) is 7. The molecule has 3 heterocycles. The maximum atomic E-state index is 8.52. The molecule has 0 amide bonds. The van der Waals surface area contributed by atoms with Crippen LogP contribution in [0.1, 0.15) is 0 Å². The van der Waals surface area contributed by atoms with Crippen LogP contribution >= 0.6 is 0 Å². The minimum Gasteiger partial charge on any atom is -0.759 e. The molecule has 3 rings (SSSR count). The van der Waals surface area contributed by atoms with Crippen LogP contribution in [0.5, 0.6) is 0 Å². The van der Waals surface area contributed by atoms with E-state index in [0.717, 1.165) is 0 Å². The molecule has 0 aliphatic rings. The SMILES string of the molecule is Nc1n[nH]c(-c2cc(-c3[nH]nc(N)[n+]3N)[nH]n2)[n+]1N.O.O.O.O=S(=O)([O-])[O-]. The number of nitrogens with two attached hydrogens (primary N) is 4. The highest BCUT2D eigenvalue weighted by Gasteiger charge is 2.22. The van der Waals surface area contributed by atoms with Gasteiger partial charge in [0.2, 0.25) is 0 Å². The summed E-state index contributed by atoms with van der Waals surface area (Å²) in [5, 5.41) is 19.7. The van der Waals surface area contributed by atoms with Crippen molar-refractivity contribution in [1.29, 1.82) is 0 Å². The van der Waals surface area contributed by atoms with Crippen LogP contribution in [0.2, 0.25) is 0 Å². The summed E-state index contributed by atoms with van der Waals surface area (Å²) < 4.78 is 36.5. The molecular weight excluding hydrogens is 396 g/mol. The fraction of sp³-hybridized carbons (Fsp3) is 0. The van der Waals surface area contributed by atoms with Crippen molar-refractivity contribution in [2.75, 3.05) is 23.2 Å². The molecule has 0 saturated heterocycles. The Bertz CT molecular complexity index is 892. The van der Waals surface area contributed by atoms with Crippen molar-refractivity contribution in [3.05, 3.63) is 6.07 Å². The molecular formula is C7H18N12O7S. The summed E-state index contributed by atoms with van der Waals surface area (Å²) >= 11 is 0. The molecule has 19 nitrogen and oxygen atoms in total. The number of aromatic amines is 3. The normalized spacial score (nSPS) is 9.85. The lowest BCUT2D eigenvalue weighted by molar-refractivity contribution is -0.612. The average molecular weight is 414 g/mol. The second-order valence-electron chi connectivity index (χ2n) is 4.18. The first-order chi connectivity index (χ1) is 11.1. The third kappa shape index (κ3) is 6.03. The van der Waals surface area contributed by atoms with E-state index in [1.165, 1.54) is 9.35 Å². The molecule has 0 aliphatic carbocycles. The lowest BCUT2D eigenvalue weighted by Crippen LogP contribution is -2.47. The maximum Gasteiger partial charge on any atom is 0.396 e. The molecule has 0 aromatic carbocycles. The van der Waals surface area contributed by atoms with E-state index >= 15 is 0 Å². The number of hydrogen-bond acceptors (Lipinski definition) is 11. The quantitative estimate of drug-likeness (QED) is 0.0892. The van der Waals surface area contributed by atoms with Gasteiger partial charge in [-0.25, -0.2) is 0 Å². The summed E-state index contributed by atoms with van der Waals surface area (Å²) in [6.45, 7) is 0. The van der Waals surface area contributed by atoms with E-state index in [2.05, 4.69) is 30.6 Å². The fourth-order valence-electron chi connectivity index (χ4n) is 1.60. The molecule has 0 spiro atoms. The molecule has 27 heavy (non-hydrogen) atoms. The van der Waals surface area contributed by atoms with E-state index in [9.17, 15) is 0 Å². The van der Waals surface area contributed by atoms with Gasteiger partial charge in [0.15, 0.2) is 5.69 Å². The monoisotopic (exact) mass is 414 g/mol.